The van der Waals surface area contributed by atoms with Gasteiger partial charge in [-0.25, -0.2) is 0 Å². The molecule has 0 aliphatic carbocycles. The van der Waals surface area contributed by atoms with Crippen LogP contribution in [0.4, 0.5) is 0 Å². The molecule has 0 amide bonds. The normalized spacial score (nSPS) is 11.0. The zero-order chi connectivity index (χ0) is 18.5. The van der Waals surface area contributed by atoms with Crippen LogP contribution < -0.4 is 4.74 Å². The quantitative estimate of drug-likeness (QED) is 0.430. The van der Waals surface area contributed by atoms with Crippen molar-refractivity contribution in [2.45, 2.75) is 6.61 Å². The Hall–Kier alpha value is -2.69. The van der Waals surface area contributed by atoms with E-state index in [4.69, 9.17) is 32.4 Å². The van der Waals surface area contributed by atoms with Gasteiger partial charge in [0.1, 0.15) is 23.9 Å². The first kappa shape index (κ1) is 18.1. The van der Waals surface area contributed by atoms with Gasteiger partial charge in [-0.1, -0.05) is 41.4 Å². The maximum absolute atomic E-state index is 12.1. The fourth-order valence-corrected chi connectivity index (χ4v) is 2.75. The Morgan fingerprint density at radius 3 is 2.54 bits per heavy atom. The number of phenols is 1. The predicted molar refractivity (Wildman–Crippen MR) is 101 cm³/mol. The minimum absolute atomic E-state index is 0.0416. The number of carbonyl (C=O) groups is 1. The highest BCUT2D eigenvalue weighted by Gasteiger charge is 2.09. The summed E-state index contributed by atoms with van der Waals surface area (Å²) in [6.07, 6.45) is 2.93. The zero-order valence-electron chi connectivity index (χ0n) is 13.5. The molecule has 0 radical (unpaired) electrons. The van der Waals surface area contributed by atoms with E-state index >= 15 is 0 Å². The number of halogens is 2. The minimum Gasteiger partial charge on any atom is -0.508 e. The van der Waals surface area contributed by atoms with Crippen molar-refractivity contribution in [2.24, 2.45) is 0 Å². The number of hydrogen-bond donors (Lipinski definition) is 1. The number of ketones is 1. The molecule has 1 heterocycles. The summed E-state index contributed by atoms with van der Waals surface area (Å²) in [6, 6.07) is 14.7. The average Bonchev–Trinajstić information content (AvgIpc) is 3.07. The molecule has 0 saturated heterocycles. The van der Waals surface area contributed by atoms with Crippen molar-refractivity contribution in [2.75, 3.05) is 0 Å². The highest BCUT2D eigenvalue weighted by atomic mass is 35.5. The number of phenolic OH excluding ortho intramolecular Hbond substituents is 1. The highest BCUT2D eigenvalue weighted by Crippen LogP contribution is 2.33. The smallest absolute Gasteiger partial charge is 0.186 e. The minimum atomic E-state index is -0.238. The van der Waals surface area contributed by atoms with Crippen molar-refractivity contribution < 1.29 is 19.1 Å². The van der Waals surface area contributed by atoms with E-state index in [2.05, 4.69) is 0 Å². The maximum Gasteiger partial charge on any atom is 0.186 e. The van der Waals surface area contributed by atoms with Gasteiger partial charge >= 0.3 is 0 Å². The van der Waals surface area contributed by atoms with Crippen molar-refractivity contribution >= 4 is 35.1 Å². The van der Waals surface area contributed by atoms with E-state index in [0.717, 1.165) is 0 Å². The average molecular weight is 389 g/mol. The fraction of sp³-hybridized carbons (Fsp3) is 0.0500. The van der Waals surface area contributed by atoms with Crippen molar-refractivity contribution in [1.29, 1.82) is 0 Å². The number of carbonyl (C=O) groups excluding carboxylic acids is 1. The van der Waals surface area contributed by atoms with Gasteiger partial charge in [0, 0.05) is 5.56 Å². The highest BCUT2D eigenvalue weighted by molar-refractivity contribution is 6.37. The molecule has 1 aromatic heterocycles. The molecule has 0 bridgehead atoms. The van der Waals surface area contributed by atoms with Gasteiger partial charge in [0.2, 0.25) is 0 Å². The molecule has 6 heteroatoms. The zero-order valence-corrected chi connectivity index (χ0v) is 15.0. The number of aromatic hydroxyl groups is 1. The van der Waals surface area contributed by atoms with Crippen LogP contribution in [0.1, 0.15) is 21.9 Å². The van der Waals surface area contributed by atoms with E-state index in [1.807, 2.05) is 0 Å². The number of ether oxygens (including phenoxy) is 1. The monoisotopic (exact) mass is 388 g/mol. The predicted octanol–water partition coefficient (Wildman–Crippen LogP) is 5.77. The molecule has 3 rings (SSSR count). The third-order valence-electron chi connectivity index (χ3n) is 3.49. The molecule has 0 aliphatic heterocycles. The Morgan fingerprint density at radius 1 is 1.08 bits per heavy atom. The van der Waals surface area contributed by atoms with Crippen LogP contribution in [0.15, 0.2) is 65.1 Å². The number of allylic oxidation sites excluding steroid dienone is 1. The summed E-state index contributed by atoms with van der Waals surface area (Å²) in [5.74, 6) is 1.26. The second-order valence-corrected chi connectivity index (χ2v) is 6.21. The summed E-state index contributed by atoms with van der Waals surface area (Å²) in [4.78, 5) is 12.1. The Morgan fingerprint density at radius 2 is 1.81 bits per heavy atom. The van der Waals surface area contributed by atoms with Crippen molar-refractivity contribution in [3.05, 3.63) is 87.8 Å². The second-order valence-electron chi connectivity index (χ2n) is 5.39. The number of hydrogen-bond acceptors (Lipinski definition) is 4. The van der Waals surface area contributed by atoms with Crippen LogP contribution in [0.2, 0.25) is 10.0 Å². The lowest BCUT2D eigenvalue weighted by molar-refractivity contribution is 0.104. The topological polar surface area (TPSA) is 59.7 Å². The lowest BCUT2D eigenvalue weighted by Gasteiger charge is -2.07. The van der Waals surface area contributed by atoms with Crippen LogP contribution in [0, 0.1) is 0 Å². The molecule has 4 nitrogen and oxygen atoms in total. The SMILES string of the molecule is O=C(/C=C/c1ccc(COc2c(Cl)cccc2Cl)o1)c1cccc(O)c1. The molecule has 26 heavy (non-hydrogen) atoms. The van der Waals surface area contributed by atoms with Crippen molar-refractivity contribution in [1.82, 2.24) is 0 Å². The van der Waals surface area contributed by atoms with E-state index in [1.165, 1.54) is 18.2 Å². The van der Waals surface area contributed by atoms with Crippen LogP contribution in [0.3, 0.4) is 0 Å². The molecule has 0 saturated carbocycles. The van der Waals surface area contributed by atoms with Crippen LogP contribution in [-0.4, -0.2) is 10.9 Å². The number of benzene rings is 2. The molecule has 0 aliphatic rings. The summed E-state index contributed by atoms with van der Waals surface area (Å²) in [6.45, 7) is 0.151. The number of furan rings is 1. The van der Waals surface area contributed by atoms with Crippen molar-refractivity contribution in [3.63, 3.8) is 0 Å². The lowest BCUT2D eigenvalue weighted by atomic mass is 10.1. The summed E-state index contributed by atoms with van der Waals surface area (Å²) < 4.78 is 11.2. The Bertz CT molecular complexity index is 940. The standard InChI is InChI=1S/C20H14Cl2O4/c21-17-5-2-6-18(22)20(17)25-12-16-8-7-15(26-16)9-10-19(24)13-3-1-4-14(23)11-13/h1-11,23H,12H2/b10-9+. The molecular formula is C20H14Cl2O4. The van der Waals surface area contributed by atoms with Crippen LogP contribution in [-0.2, 0) is 6.61 Å². The van der Waals surface area contributed by atoms with Gasteiger partial charge in [0.05, 0.1) is 10.0 Å². The molecule has 0 atom stereocenters. The molecule has 3 aromatic rings. The lowest BCUT2D eigenvalue weighted by Crippen LogP contribution is -1.95. The Labute approximate surface area is 160 Å². The third kappa shape index (κ3) is 4.48. The van der Waals surface area contributed by atoms with E-state index in [9.17, 15) is 9.90 Å². The number of para-hydroxylation sites is 1. The van der Waals surface area contributed by atoms with Crippen LogP contribution in [0.5, 0.6) is 11.5 Å². The second kappa shape index (κ2) is 8.13. The van der Waals surface area contributed by atoms with Gasteiger partial charge in [0.25, 0.3) is 0 Å². The third-order valence-corrected chi connectivity index (χ3v) is 4.09. The molecule has 0 fully saturated rings. The largest absolute Gasteiger partial charge is 0.508 e. The fourth-order valence-electron chi connectivity index (χ4n) is 2.24. The summed E-state index contributed by atoms with van der Waals surface area (Å²) in [5, 5.41) is 10.2. The first-order valence-electron chi connectivity index (χ1n) is 7.70. The summed E-state index contributed by atoms with van der Waals surface area (Å²) >= 11 is 12.1. The number of rotatable bonds is 6. The maximum atomic E-state index is 12.1. The first-order valence-corrected chi connectivity index (χ1v) is 8.45. The van der Waals surface area contributed by atoms with Gasteiger partial charge in [0.15, 0.2) is 11.5 Å². The van der Waals surface area contributed by atoms with E-state index in [1.54, 1.807) is 48.5 Å². The molecule has 2 aromatic carbocycles. The molecule has 0 unspecified atom stereocenters. The Kier molecular flexibility index (Phi) is 5.66. The van der Waals surface area contributed by atoms with Crippen LogP contribution >= 0.6 is 23.2 Å². The van der Waals surface area contributed by atoms with Gasteiger partial charge < -0.3 is 14.3 Å². The first-order chi connectivity index (χ1) is 12.5. The summed E-state index contributed by atoms with van der Waals surface area (Å²) in [7, 11) is 0. The van der Waals surface area contributed by atoms with E-state index in [0.29, 0.717) is 32.9 Å². The molecular weight excluding hydrogens is 375 g/mol. The Balaban J connectivity index is 1.64. The van der Waals surface area contributed by atoms with Gasteiger partial charge in [-0.2, -0.15) is 0 Å². The molecule has 132 valence electrons. The van der Waals surface area contributed by atoms with Crippen LogP contribution in [0.25, 0.3) is 6.08 Å². The van der Waals surface area contributed by atoms with Gasteiger partial charge in [-0.3, -0.25) is 4.79 Å². The van der Waals surface area contributed by atoms with E-state index in [-0.39, 0.29) is 18.1 Å². The summed E-state index contributed by atoms with van der Waals surface area (Å²) in [5.41, 5.74) is 0.393. The van der Waals surface area contributed by atoms with Gasteiger partial charge in [-0.05, 0) is 48.6 Å². The van der Waals surface area contributed by atoms with Gasteiger partial charge in [-0.15, -0.1) is 0 Å². The molecule has 1 N–H and O–H groups in total. The van der Waals surface area contributed by atoms with E-state index < -0.39 is 0 Å². The molecule has 0 spiro atoms. The van der Waals surface area contributed by atoms with Crippen molar-refractivity contribution in [3.8, 4) is 11.5 Å².